The summed E-state index contributed by atoms with van der Waals surface area (Å²) in [7, 11) is 1.51. The van der Waals surface area contributed by atoms with Crippen LogP contribution in [-0.4, -0.2) is 22.2 Å². The summed E-state index contributed by atoms with van der Waals surface area (Å²) >= 11 is 0. The first-order valence-corrected chi connectivity index (χ1v) is 9.36. The molecule has 0 saturated heterocycles. The Morgan fingerprint density at radius 1 is 0.862 bits per heavy atom. The molecule has 1 N–H and O–H groups in total. The Kier molecular flexibility index (Phi) is 4.80. The van der Waals surface area contributed by atoms with E-state index in [1.165, 1.54) is 7.11 Å². The first kappa shape index (κ1) is 18.7. The van der Waals surface area contributed by atoms with Crippen molar-refractivity contribution in [1.82, 2.24) is 9.97 Å². The Balaban J connectivity index is 1.91. The number of methoxy groups -OCH3 is 1. The van der Waals surface area contributed by atoms with E-state index in [2.05, 4.69) is 23.0 Å². The van der Waals surface area contributed by atoms with Crippen LogP contribution in [0.15, 0.2) is 54.6 Å². The summed E-state index contributed by atoms with van der Waals surface area (Å²) in [6, 6.07) is 17.0. The van der Waals surface area contributed by atoms with Crippen molar-refractivity contribution in [3.63, 3.8) is 0 Å². The van der Waals surface area contributed by atoms with Gasteiger partial charge in [-0.15, -0.1) is 0 Å². The molecule has 5 heteroatoms. The maximum atomic E-state index is 10.6. The van der Waals surface area contributed by atoms with E-state index in [9.17, 15) is 5.11 Å². The van der Waals surface area contributed by atoms with Crippen LogP contribution in [0.25, 0.3) is 22.3 Å². The Morgan fingerprint density at radius 3 is 2.45 bits per heavy atom. The summed E-state index contributed by atoms with van der Waals surface area (Å²) in [5, 5.41) is 11.4. The van der Waals surface area contributed by atoms with Gasteiger partial charge in [0.05, 0.1) is 23.6 Å². The maximum Gasteiger partial charge on any atom is 0.230 e. The minimum Gasteiger partial charge on any atom is -0.504 e. The lowest BCUT2D eigenvalue weighted by Gasteiger charge is -2.14. The Labute approximate surface area is 169 Å². The molecule has 5 nitrogen and oxygen atoms in total. The van der Waals surface area contributed by atoms with Gasteiger partial charge in [-0.3, -0.25) is 0 Å². The van der Waals surface area contributed by atoms with Crippen LogP contribution in [0.4, 0.5) is 0 Å². The number of nitrogens with zero attached hydrogens (tertiary/aromatic N) is 2. The summed E-state index contributed by atoms with van der Waals surface area (Å²) in [4.78, 5) is 9.29. The highest BCUT2D eigenvalue weighted by molar-refractivity contribution is 5.86. The molecule has 0 aliphatic carbocycles. The van der Waals surface area contributed by atoms with Gasteiger partial charge in [0.15, 0.2) is 17.3 Å². The van der Waals surface area contributed by atoms with Gasteiger partial charge < -0.3 is 14.6 Å². The van der Waals surface area contributed by atoms with Crippen molar-refractivity contribution in [3.05, 3.63) is 71.3 Å². The lowest BCUT2D eigenvalue weighted by molar-refractivity contribution is 0.374. The molecular weight excluding hydrogens is 364 g/mol. The number of aromatic nitrogens is 2. The number of aromatic hydroxyl groups is 1. The van der Waals surface area contributed by atoms with E-state index in [4.69, 9.17) is 9.47 Å². The third-order valence-corrected chi connectivity index (χ3v) is 5.00. The number of aryl methyl sites for hydroxylation is 2. The van der Waals surface area contributed by atoms with Gasteiger partial charge in [0.2, 0.25) is 5.88 Å². The van der Waals surface area contributed by atoms with E-state index in [1.807, 2.05) is 44.2 Å². The molecule has 0 fully saturated rings. The van der Waals surface area contributed by atoms with Crippen LogP contribution in [0.3, 0.4) is 0 Å². The lowest BCUT2D eigenvalue weighted by Crippen LogP contribution is -1.98. The Hall–Kier alpha value is -3.60. The fourth-order valence-electron chi connectivity index (χ4n) is 3.32. The molecule has 1 heterocycles. The number of benzene rings is 3. The standard InChI is InChI=1S/C24H22N2O3/c1-14-12-15(2)16(3)21(13-14)29-24-17-8-5-6-10-19(17)25-23(26-24)18-9-7-11-20(28-4)22(18)27/h5-13,27H,1-4H3. The molecule has 1 aromatic heterocycles. The molecule has 4 aromatic rings. The summed E-state index contributed by atoms with van der Waals surface area (Å²) < 4.78 is 11.5. The second-order valence-corrected chi connectivity index (χ2v) is 7.03. The van der Waals surface area contributed by atoms with Crippen molar-refractivity contribution in [1.29, 1.82) is 0 Å². The number of rotatable bonds is 4. The molecule has 0 unspecified atom stereocenters. The zero-order valence-corrected chi connectivity index (χ0v) is 16.9. The first-order chi connectivity index (χ1) is 14.0. The van der Waals surface area contributed by atoms with Crippen LogP contribution in [0.2, 0.25) is 0 Å². The molecule has 0 atom stereocenters. The van der Waals surface area contributed by atoms with Crippen molar-refractivity contribution in [2.24, 2.45) is 0 Å². The van der Waals surface area contributed by atoms with Gasteiger partial charge in [0.25, 0.3) is 0 Å². The summed E-state index contributed by atoms with van der Waals surface area (Å²) in [5.74, 6) is 1.94. The summed E-state index contributed by atoms with van der Waals surface area (Å²) in [5.41, 5.74) is 4.55. The van der Waals surface area contributed by atoms with Crippen LogP contribution in [0.1, 0.15) is 16.7 Å². The van der Waals surface area contributed by atoms with Gasteiger partial charge in [-0.1, -0.05) is 24.3 Å². The number of fused-ring (bicyclic) bond motifs is 1. The van der Waals surface area contributed by atoms with Crippen molar-refractivity contribution in [2.45, 2.75) is 20.8 Å². The monoisotopic (exact) mass is 386 g/mol. The molecule has 4 rings (SSSR count). The Bertz CT molecular complexity index is 1220. The number of phenolic OH excluding ortho intramolecular Hbond substituents is 1. The van der Waals surface area contributed by atoms with Crippen molar-refractivity contribution in [2.75, 3.05) is 7.11 Å². The topological polar surface area (TPSA) is 64.5 Å². The second-order valence-electron chi connectivity index (χ2n) is 7.03. The van der Waals surface area contributed by atoms with Crippen molar-refractivity contribution < 1.29 is 14.6 Å². The highest BCUT2D eigenvalue weighted by atomic mass is 16.5. The van der Waals surface area contributed by atoms with Crippen molar-refractivity contribution in [3.8, 4) is 34.5 Å². The van der Waals surface area contributed by atoms with Gasteiger partial charge in [-0.25, -0.2) is 4.98 Å². The van der Waals surface area contributed by atoms with E-state index >= 15 is 0 Å². The number of phenols is 1. The minimum absolute atomic E-state index is 0.00110. The summed E-state index contributed by atoms with van der Waals surface area (Å²) in [6.07, 6.45) is 0. The highest BCUT2D eigenvalue weighted by Gasteiger charge is 2.17. The Morgan fingerprint density at radius 2 is 1.66 bits per heavy atom. The average Bonchev–Trinajstić information content (AvgIpc) is 2.71. The van der Waals surface area contributed by atoms with E-state index < -0.39 is 0 Å². The molecule has 29 heavy (non-hydrogen) atoms. The van der Waals surface area contributed by atoms with Gasteiger partial charge in [-0.05, 0) is 67.8 Å². The van der Waals surface area contributed by atoms with E-state index in [-0.39, 0.29) is 5.75 Å². The molecule has 0 amide bonds. The second kappa shape index (κ2) is 7.43. The predicted molar refractivity (Wildman–Crippen MR) is 114 cm³/mol. The van der Waals surface area contributed by atoms with Gasteiger partial charge >= 0.3 is 0 Å². The van der Waals surface area contributed by atoms with Gasteiger partial charge in [0.1, 0.15) is 5.75 Å². The summed E-state index contributed by atoms with van der Waals surface area (Å²) in [6.45, 7) is 6.13. The first-order valence-electron chi connectivity index (χ1n) is 9.36. The molecule has 0 aliphatic rings. The van der Waals surface area contributed by atoms with Crippen LogP contribution in [-0.2, 0) is 0 Å². The molecule has 3 aromatic carbocycles. The zero-order chi connectivity index (χ0) is 20.5. The minimum atomic E-state index is -0.00110. The van der Waals surface area contributed by atoms with Crippen LogP contribution in [0.5, 0.6) is 23.1 Å². The molecule has 0 radical (unpaired) electrons. The fraction of sp³-hybridized carbons (Fsp3) is 0.167. The van der Waals surface area contributed by atoms with Crippen LogP contribution >= 0.6 is 0 Å². The van der Waals surface area contributed by atoms with Crippen molar-refractivity contribution >= 4 is 10.9 Å². The van der Waals surface area contributed by atoms with E-state index in [1.54, 1.807) is 18.2 Å². The SMILES string of the molecule is COc1cccc(-c2nc(Oc3cc(C)cc(C)c3C)c3ccccc3n2)c1O. The normalized spacial score (nSPS) is 10.9. The van der Waals surface area contributed by atoms with Gasteiger partial charge in [0, 0.05) is 0 Å². The average molecular weight is 386 g/mol. The number of hydrogen-bond donors (Lipinski definition) is 1. The van der Waals surface area contributed by atoms with E-state index in [0.29, 0.717) is 23.0 Å². The quantitative estimate of drug-likeness (QED) is 0.485. The van der Waals surface area contributed by atoms with E-state index in [0.717, 1.165) is 33.3 Å². The number of ether oxygens (including phenoxy) is 2. The maximum absolute atomic E-state index is 10.6. The fourth-order valence-corrected chi connectivity index (χ4v) is 3.32. The molecule has 0 aliphatic heterocycles. The lowest BCUT2D eigenvalue weighted by atomic mass is 10.1. The zero-order valence-electron chi connectivity index (χ0n) is 16.9. The predicted octanol–water partition coefficient (Wildman–Crippen LogP) is 5.73. The number of hydrogen-bond acceptors (Lipinski definition) is 5. The molecular formula is C24H22N2O3. The third-order valence-electron chi connectivity index (χ3n) is 5.00. The highest BCUT2D eigenvalue weighted by Crippen LogP contribution is 2.38. The third kappa shape index (κ3) is 3.47. The molecule has 0 bridgehead atoms. The molecule has 0 saturated carbocycles. The smallest absolute Gasteiger partial charge is 0.230 e. The van der Waals surface area contributed by atoms with Gasteiger partial charge in [-0.2, -0.15) is 4.98 Å². The molecule has 0 spiro atoms. The van der Waals surface area contributed by atoms with Crippen LogP contribution in [0, 0.1) is 20.8 Å². The van der Waals surface area contributed by atoms with Crippen LogP contribution < -0.4 is 9.47 Å². The largest absolute Gasteiger partial charge is 0.504 e. The number of para-hydroxylation sites is 2. The molecule has 146 valence electrons.